The molecule has 0 amide bonds. The van der Waals surface area contributed by atoms with Crippen LogP contribution >= 0.6 is 23.2 Å². The minimum Gasteiger partial charge on any atom is -0.271 e. The zero-order valence-corrected chi connectivity index (χ0v) is 11.3. The molecule has 5 nitrogen and oxygen atoms in total. The Kier molecular flexibility index (Phi) is 4.19. The van der Waals surface area contributed by atoms with Crippen LogP contribution in [-0.4, -0.2) is 15.0 Å². The number of aryl methyl sites for hydroxylation is 1. The van der Waals surface area contributed by atoms with Crippen LogP contribution in [0.4, 0.5) is 0 Å². The molecule has 1 aromatic carbocycles. The Morgan fingerprint density at radius 3 is 2.50 bits per heavy atom. The van der Waals surface area contributed by atoms with E-state index in [4.69, 9.17) is 29.0 Å². The predicted octanol–water partition coefficient (Wildman–Crippen LogP) is 1.87. The molecule has 7 heteroatoms. The fraction of sp³-hybridized carbons (Fsp3) is 0.273. The van der Waals surface area contributed by atoms with Gasteiger partial charge in [-0.15, -0.1) is 5.10 Å². The summed E-state index contributed by atoms with van der Waals surface area (Å²) in [5.41, 5.74) is 4.50. The highest BCUT2D eigenvalue weighted by Gasteiger charge is 2.14. The Morgan fingerprint density at radius 2 is 2.00 bits per heavy atom. The number of halogens is 2. The van der Waals surface area contributed by atoms with Gasteiger partial charge in [-0.05, 0) is 23.8 Å². The lowest BCUT2D eigenvalue weighted by Crippen LogP contribution is -2.29. The normalized spacial score (nSPS) is 12.7. The van der Waals surface area contributed by atoms with Crippen molar-refractivity contribution in [3.8, 4) is 0 Å². The smallest absolute Gasteiger partial charge is 0.0846 e. The summed E-state index contributed by atoms with van der Waals surface area (Å²) in [6, 6.07) is 5.23. The first-order chi connectivity index (χ1) is 8.58. The topological polar surface area (TPSA) is 68.8 Å². The second kappa shape index (κ2) is 5.67. The molecule has 1 heterocycles. The molecule has 2 rings (SSSR count). The van der Waals surface area contributed by atoms with E-state index >= 15 is 0 Å². The minimum absolute atomic E-state index is 0.113. The van der Waals surface area contributed by atoms with Crippen molar-refractivity contribution in [3.63, 3.8) is 0 Å². The number of nitrogens with two attached hydrogens (primary N) is 1. The van der Waals surface area contributed by atoms with Gasteiger partial charge in [0.2, 0.25) is 0 Å². The molecule has 3 N–H and O–H groups in total. The summed E-state index contributed by atoms with van der Waals surface area (Å²) < 4.78 is 1.65. The number of hydrazine groups is 1. The van der Waals surface area contributed by atoms with Crippen LogP contribution < -0.4 is 11.3 Å². The van der Waals surface area contributed by atoms with Gasteiger partial charge in [-0.25, -0.2) is 0 Å². The molecule has 1 unspecified atom stereocenters. The van der Waals surface area contributed by atoms with Crippen LogP contribution in [0.15, 0.2) is 24.4 Å². The molecule has 96 valence electrons. The van der Waals surface area contributed by atoms with Crippen LogP contribution in [0.3, 0.4) is 0 Å². The fourth-order valence-corrected chi connectivity index (χ4v) is 2.29. The summed E-state index contributed by atoms with van der Waals surface area (Å²) in [5.74, 6) is 5.57. The Morgan fingerprint density at radius 1 is 1.33 bits per heavy atom. The molecule has 0 fully saturated rings. The van der Waals surface area contributed by atoms with E-state index in [1.807, 2.05) is 25.4 Å². The van der Waals surface area contributed by atoms with Crippen molar-refractivity contribution in [2.45, 2.75) is 12.5 Å². The van der Waals surface area contributed by atoms with E-state index in [0.29, 0.717) is 16.5 Å². The average Bonchev–Trinajstić information content (AvgIpc) is 2.70. The Bertz CT molecular complexity index is 520. The quantitative estimate of drug-likeness (QED) is 0.665. The fourth-order valence-electron chi connectivity index (χ4n) is 1.75. The summed E-state index contributed by atoms with van der Waals surface area (Å²) in [5, 5.41) is 9.06. The molecule has 0 aliphatic heterocycles. The molecule has 0 aliphatic carbocycles. The van der Waals surface area contributed by atoms with E-state index in [9.17, 15) is 0 Å². The molecule has 0 radical (unpaired) electrons. The van der Waals surface area contributed by atoms with Crippen LogP contribution in [0.5, 0.6) is 0 Å². The molecular formula is C11H13Cl2N5. The molecule has 0 spiro atoms. The predicted molar refractivity (Wildman–Crippen MR) is 71.2 cm³/mol. The van der Waals surface area contributed by atoms with Crippen molar-refractivity contribution >= 4 is 23.2 Å². The summed E-state index contributed by atoms with van der Waals surface area (Å²) in [6.07, 6.45) is 2.46. The van der Waals surface area contributed by atoms with Gasteiger partial charge < -0.3 is 0 Å². The van der Waals surface area contributed by atoms with Gasteiger partial charge in [0, 0.05) is 29.7 Å². The highest BCUT2D eigenvalue weighted by Crippen LogP contribution is 2.24. The highest BCUT2D eigenvalue weighted by molar-refractivity contribution is 6.34. The van der Waals surface area contributed by atoms with Gasteiger partial charge in [0.1, 0.15) is 0 Å². The average molecular weight is 286 g/mol. The third kappa shape index (κ3) is 3.20. The molecule has 0 aliphatic rings. The molecular weight excluding hydrogens is 273 g/mol. The van der Waals surface area contributed by atoms with Gasteiger partial charge in [0.15, 0.2) is 0 Å². The Balaban J connectivity index is 2.22. The van der Waals surface area contributed by atoms with Crippen LogP contribution in [0.25, 0.3) is 0 Å². The summed E-state index contributed by atoms with van der Waals surface area (Å²) in [6.45, 7) is 0. The minimum atomic E-state index is -0.113. The maximum Gasteiger partial charge on any atom is 0.0846 e. The third-order valence-corrected chi connectivity index (χ3v) is 2.99. The lowest BCUT2D eigenvalue weighted by atomic mass is 10.0. The SMILES string of the molecule is Cn1cc(CC(NN)c2cc(Cl)cc(Cl)c2)nn1. The number of nitrogens with zero attached hydrogens (tertiary/aromatic N) is 3. The number of hydrogen-bond acceptors (Lipinski definition) is 4. The molecule has 1 atom stereocenters. The summed E-state index contributed by atoms with van der Waals surface area (Å²) >= 11 is 11.9. The first kappa shape index (κ1) is 13.3. The first-order valence-corrected chi connectivity index (χ1v) is 6.11. The second-order valence-corrected chi connectivity index (χ2v) is 4.88. The van der Waals surface area contributed by atoms with Crippen LogP contribution in [0.2, 0.25) is 10.0 Å². The van der Waals surface area contributed by atoms with Crippen molar-refractivity contribution in [2.24, 2.45) is 12.9 Å². The van der Waals surface area contributed by atoms with E-state index in [1.54, 1.807) is 10.7 Å². The molecule has 0 saturated carbocycles. The van der Waals surface area contributed by atoms with Gasteiger partial charge in [0.05, 0.1) is 11.7 Å². The number of benzene rings is 1. The molecule has 18 heavy (non-hydrogen) atoms. The van der Waals surface area contributed by atoms with E-state index in [2.05, 4.69) is 15.7 Å². The number of rotatable bonds is 4. The molecule has 1 aromatic heterocycles. The second-order valence-electron chi connectivity index (χ2n) is 4.01. The maximum absolute atomic E-state index is 5.97. The number of nitrogens with one attached hydrogen (secondary N) is 1. The number of aromatic nitrogens is 3. The van der Waals surface area contributed by atoms with Crippen molar-refractivity contribution in [1.29, 1.82) is 0 Å². The van der Waals surface area contributed by atoms with Crippen molar-refractivity contribution in [3.05, 3.63) is 45.7 Å². The lowest BCUT2D eigenvalue weighted by Gasteiger charge is -2.15. The Labute approximate surface area is 115 Å². The molecule has 0 saturated heterocycles. The van der Waals surface area contributed by atoms with Gasteiger partial charge >= 0.3 is 0 Å². The monoisotopic (exact) mass is 285 g/mol. The standard InChI is InChI=1S/C11H13Cl2N5/c1-18-6-10(16-17-18)5-11(15-14)7-2-8(12)4-9(13)3-7/h2-4,6,11,15H,5,14H2,1H3. The third-order valence-electron chi connectivity index (χ3n) is 2.55. The van der Waals surface area contributed by atoms with E-state index in [-0.39, 0.29) is 6.04 Å². The largest absolute Gasteiger partial charge is 0.271 e. The summed E-state index contributed by atoms with van der Waals surface area (Å²) in [4.78, 5) is 0. The Hall–Kier alpha value is -1.14. The zero-order valence-electron chi connectivity index (χ0n) is 9.77. The van der Waals surface area contributed by atoms with Gasteiger partial charge in [-0.2, -0.15) is 0 Å². The van der Waals surface area contributed by atoms with E-state index in [0.717, 1.165) is 11.3 Å². The van der Waals surface area contributed by atoms with Crippen LogP contribution in [0, 0.1) is 0 Å². The zero-order chi connectivity index (χ0) is 13.1. The maximum atomic E-state index is 5.97. The van der Waals surface area contributed by atoms with Gasteiger partial charge in [0.25, 0.3) is 0 Å². The van der Waals surface area contributed by atoms with Crippen LogP contribution in [0.1, 0.15) is 17.3 Å². The van der Waals surface area contributed by atoms with Crippen LogP contribution in [-0.2, 0) is 13.5 Å². The molecule has 2 aromatic rings. The van der Waals surface area contributed by atoms with E-state index < -0.39 is 0 Å². The molecule has 0 bridgehead atoms. The summed E-state index contributed by atoms with van der Waals surface area (Å²) in [7, 11) is 1.82. The van der Waals surface area contributed by atoms with Gasteiger partial charge in [-0.1, -0.05) is 28.4 Å². The van der Waals surface area contributed by atoms with Gasteiger partial charge in [-0.3, -0.25) is 16.0 Å². The van der Waals surface area contributed by atoms with Crippen molar-refractivity contribution < 1.29 is 0 Å². The number of hydrogen-bond donors (Lipinski definition) is 2. The van der Waals surface area contributed by atoms with Crippen molar-refractivity contribution in [2.75, 3.05) is 0 Å². The van der Waals surface area contributed by atoms with Crippen molar-refractivity contribution in [1.82, 2.24) is 20.4 Å². The first-order valence-electron chi connectivity index (χ1n) is 5.36. The van der Waals surface area contributed by atoms with E-state index in [1.165, 1.54) is 0 Å². The lowest BCUT2D eigenvalue weighted by molar-refractivity contribution is 0.545. The highest BCUT2D eigenvalue weighted by atomic mass is 35.5.